The Kier molecular flexibility index (Phi) is 8.14. The number of amides is 2. The molecule has 0 unspecified atom stereocenters. The van der Waals surface area contributed by atoms with Crippen LogP contribution in [0.5, 0.6) is 0 Å². The number of likely N-dealkylation sites (tertiary alicyclic amines) is 1. The lowest BCUT2D eigenvalue weighted by Gasteiger charge is -2.43. The number of thiophene rings is 1. The Labute approximate surface area is 216 Å². The second-order valence-electron chi connectivity index (χ2n) is 10.7. The Morgan fingerprint density at radius 1 is 1.22 bits per heavy atom. The van der Waals surface area contributed by atoms with E-state index in [1.165, 1.54) is 0 Å². The van der Waals surface area contributed by atoms with E-state index in [1.54, 1.807) is 22.4 Å². The molecule has 1 aliphatic carbocycles. The van der Waals surface area contributed by atoms with E-state index in [1.807, 2.05) is 32.9 Å². The van der Waals surface area contributed by atoms with Crippen LogP contribution in [0.2, 0.25) is 0 Å². The molecule has 10 heteroatoms. The van der Waals surface area contributed by atoms with Gasteiger partial charge in [0.25, 0.3) is 0 Å². The van der Waals surface area contributed by atoms with Gasteiger partial charge < -0.3 is 20.7 Å². The highest BCUT2D eigenvalue weighted by atomic mass is 32.1. The zero-order chi connectivity index (χ0) is 25.9. The van der Waals surface area contributed by atoms with Gasteiger partial charge in [0.05, 0.1) is 19.1 Å². The average molecular weight is 516 g/mol. The summed E-state index contributed by atoms with van der Waals surface area (Å²) in [5.41, 5.74) is 5.37. The van der Waals surface area contributed by atoms with Crippen LogP contribution in [0.25, 0.3) is 10.1 Å². The minimum atomic E-state index is -0.583. The largest absolute Gasteiger partial charge is 0.459 e. The van der Waals surface area contributed by atoms with E-state index in [0.717, 1.165) is 47.1 Å². The number of pyridine rings is 1. The van der Waals surface area contributed by atoms with Crippen molar-refractivity contribution in [2.45, 2.75) is 83.5 Å². The first-order valence-electron chi connectivity index (χ1n) is 12.8. The fourth-order valence-electron chi connectivity index (χ4n) is 5.01. The molecule has 1 aliphatic heterocycles. The Hall–Kier alpha value is -2.72. The number of aromatic nitrogens is 1. The second-order valence-corrected chi connectivity index (χ2v) is 11.9. The maximum Gasteiger partial charge on any atom is 0.320 e. The highest BCUT2D eigenvalue weighted by Crippen LogP contribution is 2.30. The van der Waals surface area contributed by atoms with E-state index in [-0.39, 0.29) is 30.2 Å². The fraction of sp³-hybridized carbons (Fsp3) is 0.615. The summed E-state index contributed by atoms with van der Waals surface area (Å²) in [5.74, 6) is -0.0150. The first-order chi connectivity index (χ1) is 17.1. The molecule has 1 saturated carbocycles. The van der Waals surface area contributed by atoms with Gasteiger partial charge in [-0.25, -0.2) is 4.98 Å². The predicted octanol–water partition coefficient (Wildman–Crippen LogP) is 2.98. The number of anilines is 1. The molecule has 0 aromatic carbocycles. The molecule has 3 heterocycles. The zero-order valence-corrected chi connectivity index (χ0v) is 22.2. The summed E-state index contributed by atoms with van der Waals surface area (Å²) in [6.45, 7) is 6.35. The van der Waals surface area contributed by atoms with Crippen molar-refractivity contribution in [1.82, 2.24) is 20.5 Å². The Bertz CT molecular complexity index is 1110. The Morgan fingerprint density at radius 3 is 2.61 bits per heavy atom. The lowest BCUT2D eigenvalue weighted by atomic mass is 9.82. The summed E-state index contributed by atoms with van der Waals surface area (Å²) in [5, 5.41) is 7.05. The van der Waals surface area contributed by atoms with Crippen LogP contribution in [0.1, 0.15) is 64.2 Å². The molecule has 2 aromatic rings. The van der Waals surface area contributed by atoms with Gasteiger partial charge in [-0.1, -0.05) is 19.3 Å². The van der Waals surface area contributed by atoms with Crippen molar-refractivity contribution in [1.29, 1.82) is 0 Å². The predicted molar refractivity (Wildman–Crippen MR) is 140 cm³/mol. The molecule has 2 atom stereocenters. The van der Waals surface area contributed by atoms with Crippen molar-refractivity contribution in [3.63, 3.8) is 0 Å². The number of carbonyl (C=O) groups is 3. The number of carbonyl (C=O) groups excluding carboxylic acids is 3. The van der Waals surface area contributed by atoms with E-state index in [9.17, 15) is 14.4 Å². The highest BCUT2D eigenvalue weighted by molar-refractivity contribution is 7.19. The molecular formula is C26H37N5O4S. The number of nitrogens with one attached hydrogen (secondary N) is 2. The summed E-state index contributed by atoms with van der Waals surface area (Å²) >= 11 is 1.57. The van der Waals surface area contributed by atoms with Crippen molar-refractivity contribution < 1.29 is 19.1 Å². The van der Waals surface area contributed by atoms with E-state index in [0.29, 0.717) is 25.3 Å². The van der Waals surface area contributed by atoms with Crippen LogP contribution < -0.4 is 16.4 Å². The molecule has 196 valence electrons. The summed E-state index contributed by atoms with van der Waals surface area (Å²) in [4.78, 5) is 45.6. The van der Waals surface area contributed by atoms with Crippen molar-refractivity contribution in [3.8, 4) is 0 Å². The van der Waals surface area contributed by atoms with Crippen molar-refractivity contribution in [3.05, 3.63) is 23.2 Å². The molecule has 9 nitrogen and oxygen atoms in total. The third kappa shape index (κ3) is 6.34. The quantitative estimate of drug-likeness (QED) is 0.461. The SMILES string of the molecule is CC(C)(C)OC(=O)CN[C@@H](C(=O)N1CC[C@H]1C(=O)NCc1cc2c(N)nccc2s1)C1CCCCC1. The minimum Gasteiger partial charge on any atom is -0.459 e. The van der Waals surface area contributed by atoms with Gasteiger partial charge in [-0.2, -0.15) is 0 Å². The first-order valence-corrected chi connectivity index (χ1v) is 13.6. The first kappa shape index (κ1) is 26.3. The van der Waals surface area contributed by atoms with Gasteiger partial charge in [-0.15, -0.1) is 11.3 Å². The smallest absolute Gasteiger partial charge is 0.320 e. The minimum absolute atomic E-state index is 0.0290. The molecule has 2 fully saturated rings. The van der Waals surface area contributed by atoms with Crippen molar-refractivity contribution >= 4 is 45.0 Å². The number of ether oxygens (including phenoxy) is 1. The van der Waals surface area contributed by atoms with E-state index in [4.69, 9.17) is 10.5 Å². The number of fused-ring (bicyclic) bond motifs is 1. The van der Waals surface area contributed by atoms with Crippen molar-refractivity contribution in [2.24, 2.45) is 5.92 Å². The molecule has 4 rings (SSSR count). The van der Waals surface area contributed by atoms with Gasteiger partial charge in [0.2, 0.25) is 11.8 Å². The van der Waals surface area contributed by atoms with E-state index in [2.05, 4.69) is 15.6 Å². The number of hydrogen-bond donors (Lipinski definition) is 3. The van der Waals surface area contributed by atoms with Crippen LogP contribution in [0, 0.1) is 5.92 Å². The fourth-order valence-corrected chi connectivity index (χ4v) is 6.02. The lowest BCUT2D eigenvalue weighted by molar-refractivity contribution is -0.155. The third-order valence-electron chi connectivity index (χ3n) is 6.84. The van der Waals surface area contributed by atoms with Gasteiger partial charge >= 0.3 is 5.97 Å². The van der Waals surface area contributed by atoms with Crippen LogP contribution in [-0.2, 0) is 25.7 Å². The molecule has 0 radical (unpaired) electrons. The molecule has 1 saturated heterocycles. The maximum absolute atomic E-state index is 13.6. The van der Waals surface area contributed by atoms with E-state index < -0.39 is 17.7 Å². The molecule has 2 aromatic heterocycles. The number of rotatable bonds is 8. The number of nitrogen functional groups attached to an aromatic ring is 1. The average Bonchev–Trinajstić information content (AvgIpc) is 3.21. The van der Waals surface area contributed by atoms with Crippen LogP contribution in [0.4, 0.5) is 5.82 Å². The number of esters is 1. The Balaban J connectivity index is 1.37. The normalized spacial score (nSPS) is 19.5. The van der Waals surface area contributed by atoms with Crippen LogP contribution >= 0.6 is 11.3 Å². The van der Waals surface area contributed by atoms with Crippen LogP contribution in [0.15, 0.2) is 18.3 Å². The molecule has 4 N–H and O–H groups in total. The van der Waals surface area contributed by atoms with Gasteiger partial charge in [0, 0.05) is 27.7 Å². The zero-order valence-electron chi connectivity index (χ0n) is 21.3. The van der Waals surface area contributed by atoms with Crippen LogP contribution in [-0.4, -0.2) is 58.4 Å². The molecule has 2 aliphatic rings. The molecular weight excluding hydrogens is 478 g/mol. The van der Waals surface area contributed by atoms with Gasteiger partial charge in [0.15, 0.2) is 0 Å². The van der Waals surface area contributed by atoms with Gasteiger partial charge in [-0.3, -0.25) is 19.7 Å². The highest BCUT2D eigenvalue weighted by Gasteiger charge is 2.42. The monoisotopic (exact) mass is 515 g/mol. The van der Waals surface area contributed by atoms with Gasteiger partial charge in [-0.05, 0) is 58.1 Å². The standard InChI is InChI=1S/C26H37N5O4S/c1-26(2,3)35-21(32)15-29-22(16-7-5-4-6-8-16)25(34)31-12-10-19(31)24(33)30-14-17-13-18-20(36-17)9-11-28-23(18)27/h9,11,13,16,19,22,29H,4-8,10,12,14-15H2,1-3H3,(H2,27,28)(H,30,33)/t19-,22+/m0/s1. The van der Waals surface area contributed by atoms with Crippen molar-refractivity contribution in [2.75, 3.05) is 18.8 Å². The number of nitrogens with zero attached hydrogens (tertiary/aromatic N) is 2. The summed E-state index contributed by atoms with van der Waals surface area (Å²) in [7, 11) is 0. The molecule has 36 heavy (non-hydrogen) atoms. The summed E-state index contributed by atoms with van der Waals surface area (Å²) in [6, 6.07) is 2.87. The summed E-state index contributed by atoms with van der Waals surface area (Å²) in [6.07, 6.45) is 7.48. The third-order valence-corrected chi connectivity index (χ3v) is 7.94. The van der Waals surface area contributed by atoms with Crippen LogP contribution in [0.3, 0.4) is 0 Å². The van der Waals surface area contributed by atoms with Gasteiger partial charge in [0.1, 0.15) is 17.5 Å². The Morgan fingerprint density at radius 2 is 1.97 bits per heavy atom. The number of nitrogens with two attached hydrogens (primary N) is 1. The number of hydrogen-bond acceptors (Lipinski definition) is 8. The van der Waals surface area contributed by atoms with E-state index >= 15 is 0 Å². The molecule has 2 amide bonds. The summed E-state index contributed by atoms with van der Waals surface area (Å²) < 4.78 is 6.44. The second kappa shape index (κ2) is 11.1. The molecule has 0 bridgehead atoms. The molecule has 0 spiro atoms. The lowest BCUT2D eigenvalue weighted by Crippen LogP contribution is -2.63. The maximum atomic E-state index is 13.6. The topological polar surface area (TPSA) is 127 Å².